The molecular weight excluding hydrogens is 250 g/mol. The van der Waals surface area contributed by atoms with E-state index < -0.39 is 0 Å². The summed E-state index contributed by atoms with van der Waals surface area (Å²) in [5, 5.41) is 7.40. The largest absolute Gasteiger partial charge is 0.344 e. The maximum Gasteiger partial charge on any atom is 0.273 e. The zero-order valence-corrected chi connectivity index (χ0v) is 11.5. The second kappa shape index (κ2) is 5.57. The summed E-state index contributed by atoms with van der Waals surface area (Å²) in [5.74, 6) is -0.209. The number of aryl methyl sites for hydroxylation is 1. The highest BCUT2D eigenvalue weighted by atomic mass is 35.5. The highest BCUT2D eigenvalue weighted by molar-refractivity contribution is 6.33. The van der Waals surface area contributed by atoms with Gasteiger partial charge in [0.15, 0.2) is 5.69 Å². The summed E-state index contributed by atoms with van der Waals surface area (Å²) in [6.45, 7) is 2.01. The summed E-state index contributed by atoms with van der Waals surface area (Å²) in [7, 11) is 1.75. The maximum atomic E-state index is 12.0. The fourth-order valence-corrected chi connectivity index (χ4v) is 2.49. The van der Waals surface area contributed by atoms with Crippen LogP contribution in [0, 0.1) is 0 Å². The smallest absolute Gasteiger partial charge is 0.273 e. The Bertz CT molecular complexity index is 479. The molecule has 0 aliphatic heterocycles. The average molecular weight is 268 g/mol. The molecule has 0 saturated carbocycles. The van der Waals surface area contributed by atoms with E-state index in [4.69, 9.17) is 11.6 Å². The predicted molar refractivity (Wildman–Crippen MR) is 71.7 cm³/mol. The normalized spacial score (nSPS) is 17.2. The van der Waals surface area contributed by atoms with Gasteiger partial charge >= 0.3 is 0 Å². The highest BCUT2D eigenvalue weighted by Crippen LogP contribution is 2.21. The zero-order chi connectivity index (χ0) is 13.1. The number of carbonyl (C=O) groups is 1. The van der Waals surface area contributed by atoms with Gasteiger partial charge in [-0.2, -0.15) is 5.10 Å². The first-order chi connectivity index (χ1) is 8.58. The molecule has 0 unspecified atom stereocenters. The second-order valence-corrected chi connectivity index (χ2v) is 5.13. The van der Waals surface area contributed by atoms with Gasteiger partial charge in [0.05, 0.1) is 5.02 Å². The van der Waals surface area contributed by atoms with Crippen molar-refractivity contribution >= 4 is 17.5 Å². The molecule has 1 amide bonds. The van der Waals surface area contributed by atoms with Crippen molar-refractivity contribution in [2.24, 2.45) is 7.05 Å². The average Bonchev–Trinajstić information content (AvgIpc) is 2.69. The Kier molecular flexibility index (Phi) is 4.07. The van der Waals surface area contributed by atoms with Gasteiger partial charge in [-0.3, -0.25) is 9.48 Å². The monoisotopic (exact) mass is 267 g/mol. The third-order valence-corrected chi connectivity index (χ3v) is 3.51. The molecule has 1 aliphatic carbocycles. The third-order valence-electron chi connectivity index (χ3n) is 3.23. The van der Waals surface area contributed by atoms with Crippen LogP contribution in [0.2, 0.25) is 5.02 Å². The molecule has 2 rings (SSSR count). The van der Waals surface area contributed by atoms with E-state index in [2.05, 4.69) is 16.5 Å². The van der Waals surface area contributed by atoms with Crippen molar-refractivity contribution in [1.82, 2.24) is 15.1 Å². The number of hydrogen-bond acceptors (Lipinski definition) is 2. The molecule has 1 atom stereocenters. The molecule has 0 saturated heterocycles. The summed E-state index contributed by atoms with van der Waals surface area (Å²) in [5.41, 5.74) is 1.60. The number of rotatable bonds is 3. The van der Waals surface area contributed by atoms with Gasteiger partial charge in [-0.25, -0.2) is 0 Å². The highest BCUT2D eigenvalue weighted by Gasteiger charge is 2.19. The second-order valence-electron chi connectivity index (χ2n) is 4.72. The summed E-state index contributed by atoms with van der Waals surface area (Å²) < 4.78 is 1.54. The van der Waals surface area contributed by atoms with Gasteiger partial charge in [0.25, 0.3) is 5.91 Å². The number of aromatic nitrogens is 2. The molecule has 0 aromatic carbocycles. The van der Waals surface area contributed by atoms with Crippen LogP contribution in [0.25, 0.3) is 0 Å². The fraction of sp³-hybridized carbons (Fsp3) is 0.538. The number of nitrogens with one attached hydrogen (secondary N) is 1. The lowest BCUT2D eigenvalue weighted by Crippen LogP contribution is -2.34. The van der Waals surface area contributed by atoms with Gasteiger partial charge in [0.2, 0.25) is 0 Å². The van der Waals surface area contributed by atoms with Gasteiger partial charge in [0, 0.05) is 19.3 Å². The van der Waals surface area contributed by atoms with Crippen LogP contribution in [0.4, 0.5) is 0 Å². The molecule has 0 fully saturated rings. The molecule has 18 heavy (non-hydrogen) atoms. The molecule has 1 aromatic heterocycles. The summed E-state index contributed by atoms with van der Waals surface area (Å²) in [6.07, 6.45) is 8.49. The minimum Gasteiger partial charge on any atom is -0.344 e. The Labute approximate surface area is 112 Å². The van der Waals surface area contributed by atoms with Crippen LogP contribution in [0.1, 0.15) is 43.1 Å². The Morgan fingerprint density at radius 2 is 2.33 bits per heavy atom. The van der Waals surface area contributed by atoms with E-state index in [1.807, 2.05) is 6.92 Å². The van der Waals surface area contributed by atoms with Gasteiger partial charge in [-0.1, -0.05) is 23.3 Å². The number of nitrogens with zero attached hydrogens (tertiary/aromatic N) is 2. The first kappa shape index (κ1) is 13.1. The van der Waals surface area contributed by atoms with E-state index in [1.54, 1.807) is 17.9 Å². The van der Waals surface area contributed by atoms with Crippen molar-refractivity contribution in [3.05, 3.63) is 28.6 Å². The van der Waals surface area contributed by atoms with Crippen LogP contribution in [0.3, 0.4) is 0 Å². The number of carbonyl (C=O) groups excluding carboxylic acids is 1. The minimum atomic E-state index is -0.209. The van der Waals surface area contributed by atoms with Gasteiger partial charge < -0.3 is 5.32 Å². The van der Waals surface area contributed by atoms with Gasteiger partial charge in [-0.05, 0) is 32.6 Å². The SMILES string of the molecule is C[C@@H](NC(=O)c1nn(C)cc1Cl)C1=CCCCC1. The van der Waals surface area contributed by atoms with Crippen LogP contribution in [0.5, 0.6) is 0 Å². The van der Waals surface area contributed by atoms with Crippen molar-refractivity contribution in [3.63, 3.8) is 0 Å². The Hall–Kier alpha value is -1.29. The number of allylic oxidation sites excluding steroid dienone is 1. The molecule has 1 aliphatic rings. The molecule has 0 radical (unpaired) electrons. The van der Waals surface area contributed by atoms with Crippen molar-refractivity contribution in [2.75, 3.05) is 0 Å². The number of hydrogen-bond donors (Lipinski definition) is 1. The van der Waals surface area contributed by atoms with E-state index in [1.165, 1.54) is 18.4 Å². The lowest BCUT2D eigenvalue weighted by molar-refractivity contribution is 0.0939. The zero-order valence-electron chi connectivity index (χ0n) is 10.7. The number of amides is 1. The van der Waals surface area contributed by atoms with Crippen molar-refractivity contribution < 1.29 is 4.79 Å². The third kappa shape index (κ3) is 2.93. The van der Waals surface area contributed by atoms with Crippen LogP contribution >= 0.6 is 11.6 Å². The molecule has 4 nitrogen and oxygen atoms in total. The van der Waals surface area contributed by atoms with E-state index in [0.717, 1.165) is 12.8 Å². The van der Waals surface area contributed by atoms with Crippen molar-refractivity contribution in [2.45, 2.75) is 38.6 Å². The summed E-state index contributed by atoms with van der Waals surface area (Å²) in [6, 6.07) is 0.0517. The molecule has 0 spiro atoms. The quantitative estimate of drug-likeness (QED) is 0.856. The molecule has 1 aromatic rings. The van der Waals surface area contributed by atoms with Crippen LogP contribution in [0.15, 0.2) is 17.8 Å². The lowest BCUT2D eigenvalue weighted by atomic mass is 9.95. The predicted octanol–water partition coefficient (Wildman–Crippen LogP) is 2.69. The fourth-order valence-electron chi connectivity index (χ4n) is 2.23. The van der Waals surface area contributed by atoms with E-state index in [-0.39, 0.29) is 11.9 Å². The summed E-state index contributed by atoms with van der Waals surface area (Å²) >= 11 is 5.95. The van der Waals surface area contributed by atoms with Crippen LogP contribution < -0.4 is 5.32 Å². The maximum absolute atomic E-state index is 12.0. The topological polar surface area (TPSA) is 46.9 Å². The molecular formula is C13H18ClN3O. The Morgan fingerprint density at radius 1 is 1.56 bits per heavy atom. The Morgan fingerprint density at radius 3 is 2.89 bits per heavy atom. The summed E-state index contributed by atoms with van der Waals surface area (Å²) in [4.78, 5) is 12.0. The molecule has 0 bridgehead atoms. The number of halogens is 1. The van der Waals surface area contributed by atoms with Crippen LogP contribution in [-0.4, -0.2) is 21.7 Å². The molecule has 1 heterocycles. The molecule has 5 heteroatoms. The first-order valence-corrected chi connectivity index (χ1v) is 6.64. The van der Waals surface area contributed by atoms with E-state index in [0.29, 0.717) is 10.7 Å². The molecule has 98 valence electrons. The lowest BCUT2D eigenvalue weighted by Gasteiger charge is -2.20. The van der Waals surface area contributed by atoms with Gasteiger partial charge in [0.1, 0.15) is 0 Å². The van der Waals surface area contributed by atoms with Crippen molar-refractivity contribution in [1.29, 1.82) is 0 Å². The van der Waals surface area contributed by atoms with E-state index >= 15 is 0 Å². The van der Waals surface area contributed by atoms with Gasteiger partial charge in [-0.15, -0.1) is 0 Å². The Balaban J connectivity index is 2.03. The first-order valence-electron chi connectivity index (χ1n) is 6.27. The van der Waals surface area contributed by atoms with Crippen molar-refractivity contribution in [3.8, 4) is 0 Å². The molecule has 1 N–H and O–H groups in total. The van der Waals surface area contributed by atoms with E-state index in [9.17, 15) is 4.79 Å². The van der Waals surface area contributed by atoms with Crippen LogP contribution in [-0.2, 0) is 7.05 Å². The standard InChI is InChI=1S/C13H18ClN3O/c1-9(10-6-4-3-5-7-10)15-13(18)12-11(14)8-17(2)16-12/h6,8-9H,3-5,7H2,1-2H3,(H,15,18)/t9-/m1/s1. The minimum absolute atomic E-state index is 0.0517.